The molecule has 1 heterocycles. The zero-order valence-corrected chi connectivity index (χ0v) is 10.7. The summed E-state index contributed by atoms with van der Waals surface area (Å²) in [6.45, 7) is 0. The maximum absolute atomic E-state index is 13.3. The second-order valence-corrected chi connectivity index (χ2v) is 4.57. The fraction of sp³-hybridized carbons (Fsp3) is 0. The number of nitrogens with one attached hydrogen (secondary N) is 1. The molecule has 0 atom stereocenters. The van der Waals surface area contributed by atoms with Crippen molar-refractivity contribution in [1.29, 1.82) is 0 Å². The number of allylic oxidation sites excluding steroid dienone is 1. The van der Waals surface area contributed by atoms with Crippen molar-refractivity contribution >= 4 is 23.0 Å². The number of carbonyl (C=O) groups is 2. The summed E-state index contributed by atoms with van der Waals surface area (Å²) in [7, 11) is 0. The predicted octanol–water partition coefficient (Wildman–Crippen LogP) is 3.18. The summed E-state index contributed by atoms with van der Waals surface area (Å²) >= 11 is 0. The molecule has 2 aromatic rings. The zero-order valence-electron chi connectivity index (χ0n) is 10.7. The number of hydrogen-bond donors (Lipinski definition) is 1. The summed E-state index contributed by atoms with van der Waals surface area (Å²) in [5, 5.41) is 2.55. The summed E-state index contributed by atoms with van der Waals surface area (Å²) in [4.78, 5) is 23.9. The third-order valence-corrected chi connectivity index (χ3v) is 3.17. The highest BCUT2D eigenvalue weighted by Gasteiger charge is 2.25. The second-order valence-electron chi connectivity index (χ2n) is 4.57. The molecule has 3 rings (SSSR count). The Hall–Kier alpha value is -2.82. The van der Waals surface area contributed by atoms with E-state index in [1.165, 1.54) is 30.3 Å². The monoisotopic (exact) mass is 285 g/mol. The van der Waals surface area contributed by atoms with Crippen LogP contribution in [0.2, 0.25) is 0 Å². The van der Waals surface area contributed by atoms with E-state index in [4.69, 9.17) is 0 Å². The number of benzene rings is 2. The number of halogens is 2. The maximum atomic E-state index is 13.3. The van der Waals surface area contributed by atoms with E-state index in [0.717, 1.165) is 18.2 Å². The Balaban J connectivity index is 2.00. The summed E-state index contributed by atoms with van der Waals surface area (Å²) in [5.74, 6) is -1.86. The van der Waals surface area contributed by atoms with Gasteiger partial charge < -0.3 is 5.32 Å². The molecule has 0 bridgehead atoms. The number of amides is 1. The molecule has 0 fully saturated rings. The quantitative estimate of drug-likeness (QED) is 0.680. The van der Waals surface area contributed by atoms with Crippen LogP contribution in [0.25, 0.3) is 5.57 Å². The van der Waals surface area contributed by atoms with Gasteiger partial charge in [-0.15, -0.1) is 0 Å². The number of anilines is 1. The Kier molecular flexibility index (Phi) is 3.10. The molecule has 1 aliphatic rings. The number of rotatable bonds is 2. The minimum atomic E-state index is -0.495. The Morgan fingerprint density at radius 3 is 2.38 bits per heavy atom. The lowest BCUT2D eigenvalue weighted by molar-refractivity contribution is -0.110. The first-order chi connectivity index (χ1) is 10.0. The lowest BCUT2D eigenvalue weighted by atomic mass is 10.0. The van der Waals surface area contributed by atoms with Gasteiger partial charge in [-0.2, -0.15) is 0 Å². The third-order valence-electron chi connectivity index (χ3n) is 3.17. The molecule has 0 aliphatic carbocycles. The van der Waals surface area contributed by atoms with Gasteiger partial charge in [-0.1, -0.05) is 0 Å². The largest absolute Gasteiger partial charge is 0.321 e. The van der Waals surface area contributed by atoms with Crippen LogP contribution in [0.3, 0.4) is 0 Å². The van der Waals surface area contributed by atoms with E-state index in [9.17, 15) is 18.4 Å². The van der Waals surface area contributed by atoms with Crippen LogP contribution in [0.5, 0.6) is 0 Å². The van der Waals surface area contributed by atoms with Crippen LogP contribution in [0, 0.1) is 11.6 Å². The van der Waals surface area contributed by atoms with Gasteiger partial charge in [0.25, 0.3) is 5.91 Å². The molecule has 104 valence electrons. The van der Waals surface area contributed by atoms with Gasteiger partial charge in [-0.3, -0.25) is 9.59 Å². The SMILES string of the molecule is O=C1Nc2ccc(F)cc2/C1=C/C(=O)c1ccc(F)cc1. The summed E-state index contributed by atoms with van der Waals surface area (Å²) in [5.41, 5.74) is 1.15. The number of fused-ring (bicyclic) bond motifs is 1. The Morgan fingerprint density at radius 2 is 1.67 bits per heavy atom. The van der Waals surface area contributed by atoms with Crippen molar-refractivity contribution in [2.45, 2.75) is 0 Å². The molecule has 5 heteroatoms. The Morgan fingerprint density at radius 1 is 1.00 bits per heavy atom. The van der Waals surface area contributed by atoms with Crippen LogP contribution < -0.4 is 5.32 Å². The molecule has 0 unspecified atom stereocenters. The molecule has 2 aromatic carbocycles. The standard InChI is InChI=1S/C16H9F2NO2/c17-10-3-1-9(2-4-10)15(20)8-13-12-7-11(18)5-6-14(12)19-16(13)21/h1-8H,(H,19,21)/b13-8-. The van der Waals surface area contributed by atoms with E-state index in [-0.39, 0.29) is 11.1 Å². The highest BCUT2D eigenvalue weighted by Crippen LogP contribution is 2.32. The second kappa shape index (κ2) is 4.94. The molecule has 1 amide bonds. The average Bonchev–Trinajstić information content (AvgIpc) is 2.76. The summed E-state index contributed by atoms with van der Waals surface area (Å²) in [6.07, 6.45) is 1.13. The van der Waals surface area contributed by atoms with E-state index in [1.807, 2.05) is 0 Å². The van der Waals surface area contributed by atoms with E-state index in [1.54, 1.807) is 0 Å². The van der Waals surface area contributed by atoms with Gasteiger partial charge in [0.05, 0.1) is 5.57 Å². The fourth-order valence-electron chi connectivity index (χ4n) is 2.13. The topological polar surface area (TPSA) is 46.2 Å². The first-order valence-electron chi connectivity index (χ1n) is 6.17. The van der Waals surface area contributed by atoms with E-state index >= 15 is 0 Å². The van der Waals surface area contributed by atoms with Crippen molar-refractivity contribution in [1.82, 2.24) is 0 Å². The van der Waals surface area contributed by atoms with Crippen LogP contribution in [-0.2, 0) is 4.79 Å². The average molecular weight is 285 g/mol. The third kappa shape index (κ3) is 2.45. The molecule has 0 saturated heterocycles. The van der Waals surface area contributed by atoms with E-state index in [2.05, 4.69) is 5.32 Å². The van der Waals surface area contributed by atoms with Gasteiger partial charge in [-0.05, 0) is 48.5 Å². The first kappa shape index (κ1) is 13.2. The van der Waals surface area contributed by atoms with Crippen LogP contribution in [0.15, 0.2) is 48.5 Å². The van der Waals surface area contributed by atoms with Gasteiger partial charge in [-0.25, -0.2) is 8.78 Å². The summed E-state index contributed by atoms with van der Waals surface area (Å²) in [6, 6.07) is 8.83. The van der Waals surface area contributed by atoms with Crippen LogP contribution in [0.1, 0.15) is 15.9 Å². The molecule has 0 saturated carbocycles. The van der Waals surface area contributed by atoms with E-state index in [0.29, 0.717) is 11.3 Å². The molecule has 1 aliphatic heterocycles. The minimum absolute atomic E-state index is 0.0961. The maximum Gasteiger partial charge on any atom is 0.256 e. The minimum Gasteiger partial charge on any atom is -0.321 e. The van der Waals surface area contributed by atoms with Crippen molar-refractivity contribution in [3.05, 3.63) is 71.3 Å². The highest BCUT2D eigenvalue weighted by molar-refractivity contribution is 6.35. The first-order valence-corrected chi connectivity index (χ1v) is 6.17. The van der Waals surface area contributed by atoms with Crippen molar-refractivity contribution in [3.63, 3.8) is 0 Å². The molecule has 0 spiro atoms. The normalized spacial score (nSPS) is 15.0. The number of ketones is 1. The lowest BCUT2D eigenvalue weighted by Crippen LogP contribution is -2.06. The van der Waals surface area contributed by atoms with Crippen LogP contribution in [0.4, 0.5) is 14.5 Å². The Labute approximate surface area is 118 Å². The van der Waals surface area contributed by atoms with Crippen molar-refractivity contribution in [3.8, 4) is 0 Å². The smallest absolute Gasteiger partial charge is 0.256 e. The van der Waals surface area contributed by atoms with Crippen molar-refractivity contribution < 1.29 is 18.4 Å². The van der Waals surface area contributed by atoms with Gasteiger partial charge in [0.1, 0.15) is 11.6 Å². The zero-order chi connectivity index (χ0) is 15.0. The van der Waals surface area contributed by atoms with Crippen LogP contribution in [-0.4, -0.2) is 11.7 Å². The van der Waals surface area contributed by atoms with Gasteiger partial charge in [0.2, 0.25) is 0 Å². The molecule has 1 N–H and O–H groups in total. The molecule has 3 nitrogen and oxygen atoms in total. The molecule has 0 aromatic heterocycles. The molecular weight excluding hydrogens is 276 g/mol. The van der Waals surface area contributed by atoms with Gasteiger partial charge >= 0.3 is 0 Å². The van der Waals surface area contributed by atoms with Gasteiger partial charge in [0.15, 0.2) is 5.78 Å². The number of hydrogen-bond acceptors (Lipinski definition) is 2. The molecular formula is C16H9F2NO2. The predicted molar refractivity (Wildman–Crippen MR) is 73.7 cm³/mol. The lowest BCUT2D eigenvalue weighted by Gasteiger charge is -1.99. The Bertz CT molecular complexity index is 779. The van der Waals surface area contributed by atoms with Crippen LogP contribution >= 0.6 is 0 Å². The summed E-state index contributed by atoms with van der Waals surface area (Å²) < 4.78 is 26.1. The fourth-order valence-corrected chi connectivity index (χ4v) is 2.13. The van der Waals surface area contributed by atoms with E-state index < -0.39 is 23.3 Å². The molecule has 21 heavy (non-hydrogen) atoms. The van der Waals surface area contributed by atoms with Crippen molar-refractivity contribution in [2.24, 2.45) is 0 Å². The molecule has 0 radical (unpaired) electrons. The van der Waals surface area contributed by atoms with Gasteiger partial charge in [0, 0.05) is 16.8 Å². The van der Waals surface area contributed by atoms with Crippen molar-refractivity contribution in [2.75, 3.05) is 5.32 Å². The highest BCUT2D eigenvalue weighted by atomic mass is 19.1. The number of carbonyl (C=O) groups excluding carboxylic acids is 2.